The molecule has 1 aliphatic heterocycles. The number of hydrogen-bond donors (Lipinski definition) is 0. The van der Waals surface area contributed by atoms with E-state index in [1.807, 2.05) is 17.0 Å². The van der Waals surface area contributed by atoms with Crippen molar-refractivity contribution in [3.8, 4) is 0 Å². The molecule has 0 N–H and O–H groups in total. The Morgan fingerprint density at radius 1 is 1.28 bits per heavy atom. The molecule has 1 aromatic carbocycles. The van der Waals surface area contributed by atoms with Gasteiger partial charge in [0.05, 0.1) is 6.26 Å². The van der Waals surface area contributed by atoms with Crippen LogP contribution in [-0.2, 0) is 21.2 Å². The van der Waals surface area contributed by atoms with Crippen LogP contribution in [-0.4, -0.2) is 56.0 Å². The van der Waals surface area contributed by atoms with Crippen molar-refractivity contribution in [2.45, 2.75) is 32.6 Å². The number of halogens is 1. The fourth-order valence-electron chi connectivity index (χ4n) is 3.14. The molecular formula is C18H27ClN2O3S. The molecule has 1 atom stereocenters. The second-order valence-corrected chi connectivity index (χ2v) is 9.29. The number of likely N-dealkylation sites (tertiary alicyclic amines) is 1. The monoisotopic (exact) mass is 386 g/mol. The minimum atomic E-state index is -3.34. The quantitative estimate of drug-likeness (QED) is 0.724. The van der Waals surface area contributed by atoms with E-state index in [1.54, 1.807) is 12.1 Å². The first-order chi connectivity index (χ1) is 11.8. The van der Waals surface area contributed by atoms with Crippen LogP contribution in [0.25, 0.3) is 0 Å². The van der Waals surface area contributed by atoms with Crippen LogP contribution in [0.2, 0.25) is 5.02 Å². The number of amides is 1. The van der Waals surface area contributed by atoms with Crippen LogP contribution in [0.15, 0.2) is 24.3 Å². The summed E-state index contributed by atoms with van der Waals surface area (Å²) < 4.78 is 25.5. The fourth-order valence-corrected chi connectivity index (χ4v) is 4.11. The van der Waals surface area contributed by atoms with Gasteiger partial charge in [-0.1, -0.05) is 30.7 Å². The number of carbonyl (C=O) groups excluding carboxylic acids is 1. The molecule has 0 radical (unpaired) electrons. The molecule has 0 spiro atoms. The summed E-state index contributed by atoms with van der Waals surface area (Å²) in [5, 5.41) is 0.657. The van der Waals surface area contributed by atoms with Gasteiger partial charge < -0.3 is 4.90 Å². The molecule has 140 valence electrons. The van der Waals surface area contributed by atoms with Gasteiger partial charge >= 0.3 is 0 Å². The normalized spacial score (nSPS) is 18.6. The molecule has 2 rings (SSSR count). The predicted octanol–water partition coefficient (Wildman–Crippen LogP) is 2.79. The molecule has 7 heteroatoms. The van der Waals surface area contributed by atoms with Gasteiger partial charge in [0.15, 0.2) is 0 Å². The molecular weight excluding hydrogens is 360 g/mol. The molecule has 1 amide bonds. The molecule has 25 heavy (non-hydrogen) atoms. The highest BCUT2D eigenvalue weighted by atomic mass is 35.5. The van der Waals surface area contributed by atoms with E-state index in [9.17, 15) is 13.2 Å². The SMILES string of the molecule is CC1CCCN(C(=O)CCN(CCc2ccc(Cl)cc2)S(C)(=O)=O)C1. The Hall–Kier alpha value is -1.11. The summed E-state index contributed by atoms with van der Waals surface area (Å²) in [5.41, 5.74) is 1.02. The van der Waals surface area contributed by atoms with Gasteiger partial charge in [-0.25, -0.2) is 12.7 Å². The molecule has 1 fully saturated rings. The molecule has 1 unspecified atom stereocenters. The molecule has 0 bridgehead atoms. The summed E-state index contributed by atoms with van der Waals surface area (Å²) in [7, 11) is -3.34. The van der Waals surface area contributed by atoms with Gasteiger partial charge in [0.1, 0.15) is 0 Å². The Labute approximate surface area is 156 Å². The Kier molecular flexibility index (Phi) is 7.28. The lowest BCUT2D eigenvalue weighted by atomic mass is 10.00. The summed E-state index contributed by atoms with van der Waals surface area (Å²) in [6.45, 7) is 4.31. The zero-order chi connectivity index (χ0) is 18.4. The summed E-state index contributed by atoms with van der Waals surface area (Å²) in [6, 6.07) is 7.37. The molecule has 5 nitrogen and oxygen atoms in total. The first-order valence-electron chi connectivity index (χ1n) is 8.73. The number of rotatable bonds is 7. The lowest BCUT2D eigenvalue weighted by Gasteiger charge is -2.31. The van der Waals surface area contributed by atoms with Crippen molar-refractivity contribution in [1.29, 1.82) is 0 Å². The third-order valence-corrected chi connectivity index (χ3v) is 6.17. The minimum Gasteiger partial charge on any atom is -0.342 e. The Morgan fingerprint density at radius 3 is 2.56 bits per heavy atom. The van der Waals surface area contributed by atoms with E-state index in [0.29, 0.717) is 23.9 Å². The van der Waals surface area contributed by atoms with E-state index < -0.39 is 10.0 Å². The largest absolute Gasteiger partial charge is 0.342 e. The van der Waals surface area contributed by atoms with Gasteiger partial charge in [-0.05, 0) is 42.9 Å². The Bertz CT molecular complexity index is 676. The van der Waals surface area contributed by atoms with Gasteiger partial charge in [0.25, 0.3) is 0 Å². The van der Waals surface area contributed by atoms with E-state index in [4.69, 9.17) is 11.6 Å². The van der Waals surface area contributed by atoms with Crippen LogP contribution >= 0.6 is 11.6 Å². The molecule has 0 aliphatic carbocycles. The average Bonchev–Trinajstić information content (AvgIpc) is 2.55. The van der Waals surface area contributed by atoms with Crippen LogP contribution in [0.5, 0.6) is 0 Å². The number of hydrogen-bond acceptors (Lipinski definition) is 3. The predicted molar refractivity (Wildman–Crippen MR) is 101 cm³/mol. The number of nitrogens with zero attached hydrogens (tertiary/aromatic N) is 2. The highest BCUT2D eigenvalue weighted by molar-refractivity contribution is 7.88. The van der Waals surface area contributed by atoms with Crippen molar-refractivity contribution < 1.29 is 13.2 Å². The Balaban J connectivity index is 1.89. The third-order valence-electron chi connectivity index (χ3n) is 4.62. The van der Waals surface area contributed by atoms with Crippen molar-refractivity contribution in [3.63, 3.8) is 0 Å². The number of sulfonamides is 1. The second kappa shape index (κ2) is 9.01. The molecule has 1 heterocycles. The average molecular weight is 387 g/mol. The van der Waals surface area contributed by atoms with Crippen molar-refractivity contribution in [3.05, 3.63) is 34.9 Å². The Morgan fingerprint density at radius 2 is 1.96 bits per heavy atom. The maximum atomic E-state index is 12.4. The number of carbonyl (C=O) groups is 1. The zero-order valence-electron chi connectivity index (χ0n) is 14.9. The highest BCUT2D eigenvalue weighted by Crippen LogP contribution is 2.17. The highest BCUT2D eigenvalue weighted by Gasteiger charge is 2.23. The van der Waals surface area contributed by atoms with Crippen molar-refractivity contribution in [2.75, 3.05) is 32.4 Å². The first kappa shape index (κ1) is 20.2. The lowest BCUT2D eigenvalue weighted by molar-refractivity contribution is -0.133. The fraction of sp³-hybridized carbons (Fsp3) is 0.611. The zero-order valence-corrected chi connectivity index (χ0v) is 16.5. The van der Waals surface area contributed by atoms with Gasteiger partial charge in [-0.2, -0.15) is 0 Å². The van der Waals surface area contributed by atoms with E-state index in [1.165, 1.54) is 10.6 Å². The molecule has 1 aromatic rings. The first-order valence-corrected chi connectivity index (χ1v) is 11.0. The van der Waals surface area contributed by atoms with E-state index in [0.717, 1.165) is 31.5 Å². The standard InChI is InChI=1S/C18H27ClN2O3S/c1-15-4-3-11-20(14-15)18(22)10-13-21(25(2,23)24)12-9-16-5-7-17(19)8-6-16/h5-8,15H,3-4,9-14H2,1-2H3. The summed E-state index contributed by atoms with van der Waals surface area (Å²) in [6.07, 6.45) is 4.21. The molecule has 1 saturated heterocycles. The van der Waals surface area contributed by atoms with Gasteiger partial charge in [-0.15, -0.1) is 0 Å². The topological polar surface area (TPSA) is 57.7 Å². The van der Waals surface area contributed by atoms with Crippen molar-refractivity contribution >= 4 is 27.5 Å². The van der Waals surface area contributed by atoms with E-state index in [2.05, 4.69) is 6.92 Å². The van der Waals surface area contributed by atoms with Crippen LogP contribution in [0, 0.1) is 5.92 Å². The minimum absolute atomic E-state index is 0.0479. The second-order valence-electron chi connectivity index (χ2n) is 6.88. The molecule has 1 aliphatic rings. The van der Waals surface area contributed by atoms with E-state index >= 15 is 0 Å². The lowest BCUT2D eigenvalue weighted by Crippen LogP contribution is -2.41. The van der Waals surface area contributed by atoms with Crippen molar-refractivity contribution in [2.24, 2.45) is 5.92 Å². The summed E-state index contributed by atoms with van der Waals surface area (Å²) >= 11 is 5.87. The van der Waals surface area contributed by atoms with E-state index in [-0.39, 0.29) is 18.9 Å². The van der Waals surface area contributed by atoms with Gasteiger partial charge in [-0.3, -0.25) is 4.79 Å². The molecule has 0 saturated carbocycles. The smallest absolute Gasteiger partial charge is 0.223 e. The summed E-state index contributed by atoms with van der Waals surface area (Å²) in [4.78, 5) is 14.2. The van der Waals surface area contributed by atoms with Crippen LogP contribution in [0.4, 0.5) is 0 Å². The summed E-state index contributed by atoms with van der Waals surface area (Å²) in [5.74, 6) is 0.570. The third kappa shape index (κ3) is 6.60. The number of benzene rings is 1. The molecule has 0 aromatic heterocycles. The van der Waals surface area contributed by atoms with Crippen molar-refractivity contribution in [1.82, 2.24) is 9.21 Å². The van der Waals surface area contributed by atoms with Crippen LogP contribution < -0.4 is 0 Å². The van der Waals surface area contributed by atoms with Crippen LogP contribution in [0.1, 0.15) is 31.7 Å². The van der Waals surface area contributed by atoms with Gasteiger partial charge in [0.2, 0.25) is 15.9 Å². The van der Waals surface area contributed by atoms with Crippen LogP contribution in [0.3, 0.4) is 0 Å². The maximum absolute atomic E-state index is 12.4. The maximum Gasteiger partial charge on any atom is 0.223 e. The number of piperidine rings is 1. The van der Waals surface area contributed by atoms with Gasteiger partial charge in [0, 0.05) is 37.6 Å².